The molecule has 1 heterocycles. The highest BCUT2D eigenvalue weighted by molar-refractivity contribution is 5.98. The molecule has 0 atom stereocenters. The van der Waals surface area contributed by atoms with Crippen LogP contribution in [0, 0.1) is 23.7 Å². The summed E-state index contributed by atoms with van der Waals surface area (Å²) in [6.45, 7) is 2.20. The van der Waals surface area contributed by atoms with E-state index in [1.165, 1.54) is 0 Å². The van der Waals surface area contributed by atoms with Gasteiger partial charge in [0.05, 0.1) is 26.4 Å². The summed E-state index contributed by atoms with van der Waals surface area (Å²) in [5.41, 5.74) is 0.541. The molecule has 1 aliphatic rings. The van der Waals surface area contributed by atoms with Crippen LogP contribution in [0.15, 0.2) is 18.2 Å². The van der Waals surface area contributed by atoms with Gasteiger partial charge in [0, 0.05) is 5.69 Å². The molecule has 0 radical (unpaired) electrons. The predicted octanol–water partition coefficient (Wildman–Crippen LogP) is 1.48. The topological polar surface area (TPSA) is 71.3 Å². The third kappa shape index (κ3) is 2.03. The van der Waals surface area contributed by atoms with Gasteiger partial charge in [-0.25, -0.2) is 0 Å². The zero-order valence-corrected chi connectivity index (χ0v) is 10.3. The minimum Gasteiger partial charge on any atom is -0.496 e. The highest BCUT2D eigenvalue weighted by Crippen LogP contribution is 2.29. The van der Waals surface area contributed by atoms with E-state index in [4.69, 9.17) is 14.7 Å². The fourth-order valence-electron chi connectivity index (χ4n) is 1.76. The molecule has 0 unspecified atom stereocenters. The van der Waals surface area contributed by atoms with Crippen molar-refractivity contribution in [3.8, 4) is 11.8 Å². The highest BCUT2D eigenvalue weighted by atomic mass is 16.5. The van der Waals surface area contributed by atoms with Crippen molar-refractivity contribution in [3.05, 3.63) is 23.8 Å². The summed E-state index contributed by atoms with van der Waals surface area (Å²) in [6, 6.07) is 7.34. The number of carbonyl (C=O) groups is 1. The van der Waals surface area contributed by atoms with Crippen LogP contribution in [0.25, 0.3) is 0 Å². The summed E-state index contributed by atoms with van der Waals surface area (Å²) in [4.78, 5) is 12.0. The van der Waals surface area contributed by atoms with Gasteiger partial charge < -0.3 is 14.8 Å². The van der Waals surface area contributed by atoms with Crippen molar-refractivity contribution in [1.29, 1.82) is 5.26 Å². The Bertz CT molecular complexity index is 515. The molecule has 94 valence electrons. The second-order valence-corrected chi connectivity index (χ2v) is 4.33. The van der Waals surface area contributed by atoms with Crippen molar-refractivity contribution in [2.24, 2.45) is 5.41 Å². The highest BCUT2D eigenvalue weighted by Gasteiger charge is 2.46. The smallest absolute Gasteiger partial charge is 0.249 e. The Labute approximate surface area is 105 Å². The van der Waals surface area contributed by atoms with E-state index in [1.807, 2.05) is 13.0 Å². The van der Waals surface area contributed by atoms with Crippen LogP contribution in [0.1, 0.15) is 5.56 Å². The molecule has 5 nitrogen and oxygen atoms in total. The number of nitrogens with zero attached hydrogens (tertiary/aromatic N) is 1. The minimum absolute atomic E-state index is 0.157. The number of benzene rings is 1. The van der Waals surface area contributed by atoms with Gasteiger partial charge in [-0.05, 0) is 30.7 Å². The van der Waals surface area contributed by atoms with Crippen molar-refractivity contribution in [2.45, 2.75) is 6.92 Å². The molecule has 0 aromatic heterocycles. The quantitative estimate of drug-likeness (QED) is 0.876. The maximum atomic E-state index is 12.0. The lowest BCUT2D eigenvalue weighted by Gasteiger charge is -2.33. The second kappa shape index (κ2) is 4.67. The average Bonchev–Trinajstić information content (AvgIpc) is 2.28. The molecule has 1 aliphatic heterocycles. The Balaban J connectivity index is 2.13. The maximum Gasteiger partial charge on any atom is 0.249 e. The Morgan fingerprint density at radius 2 is 2.28 bits per heavy atom. The number of nitriles is 1. The Morgan fingerprint density at radius 1 is 1.56 bits per heavy atom. The van der Waals surface area contributed by atoms with Crippen molar-refractivity contribution >= 4 is 11.6 Å². The van der Waals surface area contributed by atoms with E-state index in [0.717, 1.165) is 11.3 Å². The van der Waals surface area contributed by atoms with Crippen LogP contribution >= 0.6 is 0 Å². The van der Waals surface area contributed by atoms with Gasteiger partial charge in [0.25, 0.3) is 0 Å². The summed E-state index contributed by atoms with van der Waals surface area (Å²) in [6.07, 6.45) is 0. The van der Waals surface area contributed by atoms with Gasteiger partial charge in [0.15, 0.2) is 5.41 Å². The van der Waals surface area contributed by atoms with Gasteiger partial charge in [-0.15, -0.1) is 0 Å². The van der Waals surface area contributed by atoms with E-state index in [1.54, 1.807) is 25.3 Å². The molecule has 5 heteroatoms. The van der Waals surface area contributed by atoms with E-state index in [0.29, 0.717) is 5.69 Å². The van der Waals surface area contributed by atoms with Crippen LogP contribution in [-0.2, 0) is 9.53 Å². The number of hydrogen-bond donors (Lipinski definition) is 1. The lowest BCUT2D eigenvalue weighted by atomic mass is 9.87. The van der Waals surface area contributed by atoms with Gasteiger partial charge in [-0.3, -0.25) is 4.79 Å². The largest absolute Gasteiger partial charge is 0.496 e. The van der Waals surface area contributed by atoms with Crippen LogP contribution in [0.5, 0.6) is 5.75 Å². The average molecular weight is 246 g/mol. The molecule has 1 saturated heterocycles. The van der Waals surface area contributed by atoms with Crippen molar-refractivity contribution in [2.75, 3.05) is 25.6 Å². The van der Waals surface area contributed by atoms with E-state index in [9.17, 15) is 4.79 Å². The van der Waals surface area contributed by atoms with Crippen molar-refractivity contribution in [1.82, 2.24) is 0 Å². The van der Waals surface area contributed by atoms with Crippen LogP contribution in [0.4, 0.5) is 5.69 Å². The van der Waals surface area contributed by atoms with Gasteiger partial charge in [-0.1, -0.05) is 0 Å². The lowest BCUT2D eigenvalue weighted by molar-refractivity contribution is -0.144. The molecule has 1 aromatic rings. The van der Waals surface area contributed by atoms with Gasteiger partial charge in [0.1, 0.15) is 5.75 Å². The Morgan fingerprint density at radius 3 is 2.72 bits per heavy atom. The van der Waals surface area contributed by atoms with E-state index < -0.39 is 5.41 Å². The fourth-order valence-corrected chi connectivity index (χ4v) is 1.76. The molecule has 0 spiro atoms. The first-order valence-electron chi connectivity index (χ1n) is 5.56. The zero-order valence-electron chi connectivity index (χ0n) is 10.3. The van der Waals surface area contributed by atoms with E-state index in [-0.39, 0.29) is 19.1 Å². The summed E-state index contributed by atoms with van der Waals surface area (Å²) in [5, 5.41) is 11.7. The maximum absolute atomic E-state index is 12.0. The fraction of sp³-hybridized carbons (Fsp3) is 0.385. The number of carbonyl (C=O) groups excluding carboxylic acids is 1. The van der Waals surface area contributed by atoms with Gasteiger partial charge in [-0.2, -0.15) is 5.26 Å². The van der Waals surface area contributed by atoms with Crippen LogP contribution in [0.3, 0.4) is 0 Å². The van der Waals surface area contributed by atoms with E-state index in [2.05, 4.69) is 5.32 Å². The van der Waals surface area contributed by atoms with Crippen molar-refractivity contribution in [3.63, 3.8) is 0 Å². The molecule has 18 heavy (non-hydrogen) atoms. The first kappa shape index (κ1) is 12.4. The number of ether oxygens (including phenoxy) is 2. The molecular formula is C13H14N2O3. The molecule has 0 bridgehead atoms. The number of anilines is 1. The summed E-state index contributed by atoms with van der Waals surface area (Å²) in [7, 11) is 1.59. The molecular weight excluding hydrogens is 232 g/mol. The normalized spacial score (nSPS) is 16.3. The van der Waals surface area contributed by atoms with Gasteiger partial charge >= 0.3 is 0 Å². The number of aryl methyl sites for hydroxylation is 1. The minimum atomic E-state index is -1.03. The predicted molar refractivity (Wildman–Crippen MR) is 65.2 cm³/mol. The summed E-state index contributed by atoms with van der Waals surface area (Å²) < 4.78 is 10.1. The van der Waals surface area contributed by atoms with Crippen LogP contribution in [0.2, 0.25) is 0 Å². The molecule has 0 aliphatic carbocycles. The molecule has 1 N–H and O–H groups in total. The summed E-state index contributed by atoms with van der Waals surface area (Å²) in [5.74, 6) is 0.441. The lowest BCUT2D eigenvalue weighted by Crippen LogP contribution is -2.50. The molecule has 1 fully saturated rings. The third-order valence-corrected chi connectivity index (χ3v) is 3.00. The van der Waals surface area contributed by atoms with Gasteiger partial charge in [0.2, 0.25) is 5.91 Å². The SMILES string of the molecule is COc1ccc(NC(=O)C2(C#N)COC2)cc1C. The number of amides is 1. The number of hydrogen-bond acceptors (Lipinski definition) is 4. The zero-order chi connectivity index (χ0) is 13.2. The third-order valence-electron chi connectivity index (χ3n) is 3.00. The summed E-state index contributed by atoms with van der Waals surface area (Å²) >= 11 is 0. The Kier molecular flexibility index (Phi) is 3.21. The number of methoxy groups -OCH3 is 1. The van der Waals surface area contributed by atoms with Crippen LogP contribution in [-0.4, -0.2) is 26.2 Å². The van der Waals surface area contributed by atoms with Crippen LogP contribution < -0.4 is 10.1 Å². The van der Waals surface area contributed by atoms with Crippen molar-refractivity contribution < 1.29 is 14.3 Å². The monoisotopic (exact) mass is 246 g/mol. The first-order valence-corrected chi connectivity index (χ1v) is 5.56. The number of rotatable bonds is 3. The first-order chi connectivity index (χ1) is 8.61. The molecule has 0 saturated carbocycles. The standard InChI is InChI=1S/C13H14N2O3/c1-9-5-10(3-4-11(9)17-2)15-12(16)13(6-14)7-18-8-13/h3-5H,7-8H2,1-2H3,(H,15,16). The molecule has 2 rings (SSSR count). The Hall–Kier alpha value is -2.06. The van der Waals surface area contributed by atoms with E-state index >= 15 is 0 Å². The second-order valence-electron chi connectivity index (χ2n) is 4.33. The molecule has 1 aromatic carbocycles. The molecule has 1 amide bonds. The number of nitrogens with one attached hydrogen (secondary N) is 1.